The molecule has 3 rings (SSSR count). The molecule has 84 valence electrons. The van der Waals surface area contributed by atoms with Gasteiger partial charge in [-0.2, -0.15) is 5.26 Å². The molecule has 1 atom stereocenters. The fourth-order valence-electron chi connectivity index (χ4n) is 3.65. The monoisotopic (exact) mass is 207 g/mol. The van der Waals surface area contributed by atoms with E-state index < -0.39 is 5.60 Å². The van der Waals surface area contributed by atoms with Crippen LogP contribution >= 0.6 is 0 Å². The van der Waals surface area contributed by atoms with E-state index in [9.17, 15) is 5.11 Å². The van der Waals surface area contributed by atoms with Crippen LogP contribution in [0.15, 0.2) is 0 Å². The molecule has 1 unspecified atom stereocenters. The Balaban J connectivity index is 1.83. The minimum atomic E-state index is -1.08. The van der Waals surface area contributed by atoms with Crippen LogP contribution in [0, 0.1) is 22.2 Å². The molecular formula is C13H21NO. The third-order valence-corrected chi connectivity index (χ3v) is 4.70. The van der Waals surface area contributed by atoms with Gasteiger partial charge in [-0.1, -0.05) is 26.2 Å². The van der Waals surface area contributed by atoms with Crippen LogP contribution in [0.4, 0.5) is 0 Å². The first-order chi connectivity index (χ1) is 6.99. The summed E-state index contributed by atoms with van der Waals surface area (Å²) in [5, 5.41) is 18.9. The largest absolute Gasteiger partial charge is 0.375 e. The zero-order valence-corrected chi connectivity index (χ0v) is 9.84. The van der Waals surface area contributed by atoms with Gasteiger partial charge in [0, 0.05) is 5.41 Å². The summed E-state index contributed by atoms with van der Waals surface area (Å²) >= 11 is 0. The molecule has 3 saturated carbocycles. The van der Waals surface area contributed by atoms with E-state index in [0.717, 1.165) is 19.3 Å². The summed E-state index contributed by atoms with van der Waals surface area (Å²) in [6.45, 7) is 3.91. The van der Waals surface area contributed by atoms with Crippen molar-refractivity contribution in [2.24, 2.45) is 10.8 Å². The first kappa shape index (κ1) is 11.0. The zero-order valence-electron chi connectivity index (χ0n) is 9.84. The smallest absolute Gasteiger partial charge is 0.153 e. The second kappa shape index (κ2) is 3.22. The fourth-order valence-corrected chi connectivity index (χ4v) is 3.65. The van der Waals surface area contributed by atoms with Crippen LogP contribution in [0.3, 0.4) is 0 Å². The molecule has 15 heavy (non-hydrogen) atoms. The topological polar surface area (TPSA) is 44.0 Å². The summed E-state index contributed by atoms with van der Waals surface area (Å²) in [5.74, 6) is 0. The van der Waals surface area contributed by atoms with Crippen LogP contribution in [-0.2, 0) is 0 Å². The van der Waals surface area contributed by atoms with Crippen molar-refractivity contribution in [3.8, 4) is 6.07 Å². The minimum absolute atomic E-state index is 0.0338. The quantitative estimate of drug-likeness (QED) is 0.556. The number of unbranched alkanes of at least 4 members (excludes halogenated alkanes) is 2. The Morgan fingerprint density at radius 3 is 2.40 bits per heavy atom. The van der Waals surface area contributed by atoms with Crippen LogP contribution in [0.5, 0.6) is 0 Å². The van der Waals surface area contributed by atoms with Gasteiger partial charge in [-0.05, 0) is 38.0 Å². The first-order valence-electron chi connectivity index (χ1n) is 6.13. The number of nitrogens with zero attached hydrogens (tertiary/aromatic N) is 1. The van der Waals surface area contributed by atoms with E-state index >= 15 is 0 Å². The predicted molar refractivity (Wildman–Crippen MR) is 59.1 cm³/mol. The van der Waals surface area contributed by atoms with E-state index in [-0.39, 0.29) is 5.41 Å². The number of nitriles is 1. The highest BCUT2D eigenvalue weighted by Crippen LogP contribution is 2.78. The maximum absolute atomic E-state index is 9.97. The molecule has 0 aromatic carbocycles. The number of aliphatic hydroxyl groups is 1. The lowest BCUT2D eigenvalue weighted by molar-refractivity contribution is -0.277. The van der Waals surface area contributed by atoms with Crippen molar-refractivity contribution < 1.29 is 5.11 Å². The molecule has 0 saturated heterocycles. The molecule has 0 spiro atoms. The normalized spacial score (nSPS) is 40.9. The average molecular weight is 207 g/mol. The minimum Gasteiger partial charge on any atom is -0.375 e. The highest BCUT2D eigenvalue weighted by molar-refractivity contribution is 5.27. The van der Waals surface area contributed by atoms with Crippen molar-refractivity contribution >= 4 is 0 Å². The summed E-state index contributed by atoms with van der Waals surface area (Å²) in [6, 6.07) is 2.06. The van der Waals surface area contributed by atoms with Gasteiger partial charge in [0.1, 0.15) is 0 Å². The molecule has 0 aliphatic heterocycles. The van der Waals surface area contributed by atoms with Gasteiger partial charge in [0.05, 0.1) is 6.07 Å². The highest BCUT2D eigenvalue weighted by Gasteiger charge is 2.73. The van der Waals surface area contributed by atoms with Crippen molar-refractivity contribution in [1.82, 2.24) is 0 Å². The standard InChI is InChI=1S/C13H21NO/c1-3-4-5-6-12-7-13(8-12,9-12)11(2,15)10-14/h15H,3-9H2,1-2H3. The Hall–Kier alpha value is -0.550. The van der Waals surface area contributed by atoms with Crippen molar-refractivity contribution in [2.45, 2.75) is 64.4 Å². The Kier molecular flexibility index (Phi) is 2.35. The number of rotatable bonds is 5. The third kappa shape index (κ3) is 1.40. The van der Waals surface area contributed by atoms with E-state index in [4.69, 9.17) is 5.26 Å². The summed E-state index contributed by atoms with van der Waals surface area (Å²) < 4.78 is 0. The molecule has 2 heteroatoms. The molecule has 0 amide bonds. The second-order valence-electron chi connectivity index (χ2n) is 5.95. The van der Waals surface area contributed by atoms with Gasteiger partial charge in [0.2, 0.25) is 0 Å². The van der Waals surface area contributed by atoms with E-state index in [1.165, 1.54) is 25.7 Å². The number of hydrogen-bond acceptors (Lipinski definition) is 2. The lowest BCUT2D eigenvalue weighted by Crippen LogP contribution is -2.70. The van der Waals surface area contributed by atoms with Gasteiger partial charge in [0.25, 0.3) is 0 Å². The molecule has 3 fully saturated rings. The summed E-state index contributed by atoms with van der Waals surface area (Å²) in [7, 11) is 0. The highest BCUT2D eigenvalue weighted by atomic mass is 16.3. The Labute approximate surface area is 92.3 Å². The lowest BCUT2D eigenvalue weighted by Gasteiger charge is -2.74. The summed E-state index contributed by atoms with van der Waals surface area (Å²) in [6.07, 6.45) is 8.49. The Morgan fingerprint density at radius 1 is 1.33 bits per heavy atom. The SMILES string of the molecule is CCCCCC12CC(C(C)(O)C#N)(C1)C2. The molecule has 3 aliphatic carbocycles. The van der Waals surface area contributed by atoms with Gasteiger partial charge in [-0.25, -0.2) is 0 Å². The third-order valence-electron chi connectivity index (χ3n) is 4.70. The molecule has 0 radical (unpaired) electrons. The van der Waals surface area contributed by atoms with Crippen LogP contribution in [0.1, 0.15) is 58.8 Å². The lowest BCUT2D eigenvalue weighted by atomic mass is 9.30. The van der Waals surface area contributed by atoms with Gasteiger partial charge >= 0.3 is 0 Å². The average Bonchev–Trinajstić information content (AvgIpc) is 2.06. The van der Waals surface area contributed by atoms with Crippen molar-refractivity contribution in [2.75, 3.05) is 0 Å². The molecule has 0 heterocycles. The van der Waals surface area contributed by atoms with Crippen molar-refractivity contribution in [3.05, 3.63) is 0 Å². The van der Waals surface area contributed by atoms with Crippen LogP contribution in [0.2, 0.25) is 0 Å². The number of hydrogen-bond donors (Lipinski definition) is 1. The molecule has 0 aromatic rings. The predicted octanol–water partition coefficient (Wildman–Crippen LogP) is 3.01. The fraction of sp³-hybridized carbons (Fsp3) is 0.923. The summed E-state index contributed by atoms with van der Waals surface area (Å²) in [5.41, 5.74) is -0.594. The Morgan fingerprint density at radius 2 is 1.93 bits per heavy atom. The molecule has 1 N–H and O–H groups in total. The maximum Gasteiger partial charge on any atom is 0.153 e. The van der Waals surface area contributed by atoms with Gasteiger partial charge < -0.3 is 5.11 Å². The van der Waals surface area contributed by atoms with Crippen molar-refractivity contribution in [3.63, 3.8) is 0 Å². The van der Waals surface area contributed by atoms with Gasteiger partial charge in [-0.3, -0.25) is 0 Å². The van der Waals surface area contributed by atoms with Crippen LogP contribution in [0.25, 0.3) is 0 Å². The van der Waals surface area contributed by atoms with Gasteiger partial charge in [0.15, 0.2) is 5.60 Å². The Bertz CT molecular complexity index is 280. The molecule has 2 nitrogen and oxygen atoms in total. The summed E-state index contributed by atoms with van der Waals surface area (Å²) in [4.78, 5) is 0. The van der Waals surface area contributed by atoms with E-state index in [2.05, 4.69) is 13.0 Å². The van der Waals surface area contributed by atoms with Crippen LogP contribution in [-0.4, -0.2) is 10.7 Å². The van der Waals surface area contributed by atoms with E-state index in [0.29, 0.717) is 5.41 Å². The van der Waals surface area contributed by atoms with Crippen LogP contribution < -0.4 is 0 Å². The second-order valence-corrected chi connectivity index (χ2v) is 5.95. The van der Waals surface area contributed by atoms with Gasteiger partial charge in [-0.15, -0.1) is 0 Å². The van der Waals surface area contributed by atoms with E-state index in [1.54, 1.807) is 6.92 Å². The molecule has 2 bridgehead atoms. The molecule has 3 aliphatic rings. The zero-order chi connectivity index (χ0) is 11.2. The first-order valence-corrected chi connectivity index (χ1v) is 6.13. The molecular weight excluding hydrogens is 186 g/mol. The molecule has 0 aromatic heterocycles. The maximum atomic E-state index is 9.97. The van der Waals surface area contributed by atoms with Crippen molar-refractivity contribution in [1.29, 1.82) is 5.26 Å². The van der Waals surface area contributed by atoms with E-state index in [1.807, 2.05) is 0 Å².